The van der Waals surface area contributed by atoms with Crippen molar-refractivity contribution in [1.29, 1.82) is 0 Å². The number of hydrogen-bond acceptors (Lipinski definition) is 4. The lowest BCUT2D eigenvalue weighted by Crippen LogP contribution is -2.58. The average Bonchev–Trinajstić information content (AvgIpc) is 2.12. The zero-order valence-electron chi connectivity index (χ0n) is 11.2. The Kier molecular flexibility index (Phi) is 3.80. The van der Waals surface area contributed by atoms with Crippen LogP contribution in [0.15, 0.2) is 0 Å². The summed E-state index contributed by atoms with van der Waals surface area (Å²) in [6, 6.07) is -0.650. The number of imide groups is 1. The number of carbonyl (C=O) groups excluding carboxylic acids is 2. The van der Waals surface area contributed by atoms with E-state index in [1.165, 1.54) is 0 Å². The van der Waals surface area contributed by atoms with Gasteiger partial charge >= 0.3 is 0 Å². The summed E-state index contributed by atoms with van der Waals surface area (Å²) in [5, 5.41) is 2.27. The van der Waals surface area contributed by atoms with Crippen molar-refractivity contribution in [3.05, 3.63) is 0 Å². The fourth-order valence-electron chi connectivity index (χ4n) is 1.37. The van der Waals surface area contributed by atoms with E-state index in [2.05, 4.69) is 39.2 Å². The quantitative estimate of drug-likeness (QED) is 0.566. The molecule has 0 spiro atoms. The molecule has 2 unspecified atom stereocenters. The van der Waals surface area contributed by atoms with Crippen LogP contribution in [0.2, 0.25) is 18.1 Å². The number of amides is 2. The van der Waals surface area contributed by atoms with Gasteiger partial charge in [-0.15, -0.1) is 0 Å². The molecule has 1 rings (SSSR count). The second kappa shape index (κ2) is 4.51. The SMILES string of the molecule is CC(C)(C)[Si](C)(C)OC1CC(N)C(=O)NC1=O. The highest BCUT2D eigenvalue weighted by atomic mass is 28.4. The largest absolute Gasteiger partial charge is 0.405 e. The van der Waals surface area contributed by atoms with Crippen LogP contribution in [0.25, 0.3) is 0 Å². The number of rotatable bonds is 2. The van der Waals surface area contributed by atoms with E-state index in [0.717, 1.165) is 0 Å². The van der Waals surface area contributed by atoms with Crippen molar-refractivity contribution in [1.82, 2.24) is 5.32 Å². The van der Waals surface area contributed by atoms with Crippen LogP contribution in [0.5, 0.6) is 0 Å². The average molecular weight is 258 g/mol. The topological polar surface area (TPSA) is 81.4 Å². The molecule has 1 aliphatic rings. The van der Waals surface area contributed by atoms with Crippen LogP contribution >= 0.6 is 0 Å². The molecule has 1 aliphatic heterocycles. The number of piperidine rings is 1. The Morgan fingerprint density at radius 3 is 2.29 bits per heavy atom. The van der Waals surface area contributed by atoms with Gasteiger partial charge in [0.25, 0.3) is 5.91 Å². The highest BCUT2D eigenvalue weighted by Crippen LogP contribution is 2.37. The first-order valence-corrected chi connectivity index (χ1v) is 8.73. The van der Waals surface area contributed by atoms with Gasteiger partial charge in [-0.05, 0) is 18.1 Å². The Balaban J connectivity index is 2.75. The molecule has 0 aromatic carbocycles. The normalized spacial score (nSPS) is 26.9. The Morgan fingerprint density at radius 1 is 1.29 bits per heavy atom. The Morgan fingerprint density at radius 2 is 1.82 bits per heavy atom. The molecule has 2 atom stereocenters. The molecule has 1 fully saturated rings. The van der Waals surface area contributed by atoms with Gasteiger partial charge in [-0.25, -0.2) is 0 Å². The number of hydrogen-bond donors (Lipinski definition) is 2. The van der Waals surface area contributed by atoms with Crippen molar-refractivity contribution in [2.24, 2.45) is 5.73 Å². The standard InChI is InChI=1S/C11H22N2O3Si/c1-11(2,3)17(4,5)16-8-6-7(12)9(14)13-10(8)15/h7-8H,6,12H2,1-5H3,(H,13,14,15). The zero-order chi connectivity index (χ0) is 13.4. The number of nitrogens with two attached hydrogens (primary N) is 1. The van der Waals surface area contributed by atoms with Gasteiger partial charge in [0.2, 0.25) is 5.91 Å². The molecular weight excluding hydrogens is 236 g/mol. The van der Waals surface area contributed by atoms with Crippen LogP contribution in [-0.4, -0.2) is 32.3 Å². The predicted molar refractivity (Wildman–Crippen MR) is 67.8 cm³/mol. The van der Waals surface area contributed by atoms with Gasteiger partial charge in [-0.1, -0.05) is 20.8 Å². The summed E-state index contributed by atoms with van der Waals surface area (Å²) in [4.78, 5) is 22.9. The molecule has 0 aromatic heterocycles. The maximum atomic E-state index is 11.7. The van der Waals surface area contributed by atoms with Crippen molar-refractivity contribution >= 4 is 20.1 Å². The Hall–Kier alpha value is -0.723. The molecule has 5 nitrogen and oxygen atoms in total. The smallest absolute Gasteiger partial charge is 0.254 e. The molecule has 17 heavy (non-hydrogen) atoms. The second-order valence-electron chi connectivity index (χ2n) is 6.06. The van der Waals surface area contributed by atoms with Crippen molar-refractivity contribution in [3.8, 4) is 0 Å². The van der Waals surface area contributed by atoms with Crippen molar-refractivity contribution in [2.45, 2.75) is 57.5 Å². The van der Waals surface area contributed by atoms with E-state index in [1.807, 2.05) is 0 Å². The van der Waals surface area contributed by atoms with Crippen LogP contribution in [0.4, 0.5) is 0 Å². The minimum Gasteiger partial charge on any atom is -0.405 e. The molecule has 0 radical (unpaired) electrons. The summed E-state index contributed by atoms with van der Waals surface area (Å²) in [5.41, 5.74) is 5.63. The van der Waals surface area contributed by atoms with Crippen LogP contribution in [-0.2, 0) is 14.0 Å². The first kappa shape index (κ1) is 14.3. The maximum Gasteiger partial charge on any atom is 0.254 e. The lowest BCUT2D eigenvalue weighted by molar-refractivity contribution is -0.140. The van der Waals surface area contributed by atoms with E-state index in [9.17, 15) is 9.59 Å². The lowest BCUT2D eigenvalue weighted by atomic mass is 10.1. The summed E-state index contributed by atoms with van der Waals surface area (Å²) in [5.74, 6) is -0.772. The summed E-state index contributed by atoms with van der Waals surface area (Å²) >= 11 is 0. The van der Waals surface area contributed by atoms with Crippen LogP contribution in [0.1, 0.15) is 27.2 Å². The fourth-order valence-corrected chi connectivity index (χ4v) is 2.64. The van der Waals surface area contributed by atoms with Crippen LogP contribution in [0, 0.1) is 0 Å². The van der Waals surface area contributed by atoms with Gasteiger partial charge in [0.05, 0.1) is 6.04 Å². The van der Waals surface area contributed by atoms with Crippen molar-refractivity contribution in [2.75, 3.05) is 0 Å². The maximum absolute atomic E-state index is 11.7. The highest BCUT2D eigenvalue weighted by Gasteiger charge is 2.43. The molecule has 98 valence electrons. The van der Waals surface area contributed by atoms with Crippen molar-refractivity contribution in [3.63, 3.8) is 0 Å². The van der Waals surface area contributed by atoms with Gasteiger partial charge in [-0.3, -0.25) is 14.9 Å². The first-order chi connectivity index (χ1) is 7.54. The third kappa shape index (κ3) is 3.14. The Labute approximate surface area is 103 Å². The molecule has 1 saturated heterocycles. The minimum absolute atomic E-state index is 0.0266. The summed E-state index contributed by atoms with van der Waals surface area (Å²) in [7, 11) is -2.01. The van der Waals surface area contributed by atoms with E-state index in [4.69, 9.17) is 10.2 Å². The van der Waals surface area contributed by atoms with E-state index >= 15 is 0 Å². The molecule has 0 bridgehead atoms. The zero-order valence-corrected chi connectivity index (χ0v) is 12.2. The molecule has 1 heterocycles. The summed E-state index contributed by atoms with van der Waals surface area (Å²) in [6.45, 7) is 10.4. The van der Waals surface area contributed by atoms with Crippen LogP contribution < -0.4 is 11.1 Å². The third-order valence-corrected chi connectivity index (χ3v) is 8.07. The lowest BCUT2D eigenvalue weighted by Gasteiger charge is -2.40. The fraction of sp³-hybridized carbons (Fsp3) is 0.818. The molecule has 2 amide bonds. The molecular formula is C11H22N2O3Si. The monoisotopic (exact) mass is 258 g/mol. The van der Waals surface area contributed by atoms with Gasteiger partial charge in [0.1, 0.15) is 6.10 Å². The molecule has 0 aromatic rings. The number of nitrogens with one attached hydrogen (secondary N) is 1. The number of carbonyl (C=O) groups is 2. The van der Waals surface area contributed by atoms with E-state index < -0.39 is 26.4 Å². The van der Waals surface area contributed by atoms with Crippen molar-refractivity contribution < 1.29 is 14.0 Å². The minimum atomic E-state index is -2.01. The summed E-state index contributed by atoms with van der Waals surface area (Å²) < 4.78 is 5.97. The van der Waals surface area contributed by atoms with Gasteiger partial charge in [0.15, 0.2) is 8.32 Å². The highest BCUT2D eigenvalue weighted by molar-refractivity contribution is 6.74. The second-order valence-corrected chi connectivity index (χ2v) is 10.8. The van der Waals surface area contributed by atoms with Gasteiger partial charge in [0, 0.05) is 6.42 Å². The predicted octanol–water partition coefficient (Wildman–Crippen LogP) is 0.751. The summed E-state index contributed by atoms with van der Waals surface area (Å²) in [6.07, 6.45) is -0.319. The first-order valence-electron chi connectivity index (χ1n) is 5.83. The third-order valence-electron chi connectivity index (χ3n) is 3.59. The van der Waals surface area contributed by atoms with Gasteiger partial charge in [-0.2, -0.15) is 0 Å². The van der Waals surface area contributed by atoms with E-state index in [-0.39, 0.29) is 17.4 Å². The molecule has 0 saturated carbocycles. The van der Waals surface area contributed by atoms with E-state index in [0.29, 0.717) is 0 Å². The van der Waals surface area contributed by atoms with Gasteiger partial charge < -0.3 is 10.2 Å². The molecule has 3 N–H and O–H groups in total. The van der Waals surface area contributed by atoms with Crippen LogP contribution in [0.3, 0.4) is 0 Å². The molecule has 6 heteroatoms. The van der Waals surface area contributed by atoms with E-state index in [1.54, 1.807) is 0 Å². The Bertz CT molecular complexity index is 336. The molecule has 0 aliphatic carbocycles.